The van der Waals surface area contributed by atoms with Crippen LogP contribution >= 0.6 is 0 Å². The Morgan fingerprint density at radius 3 is 2.15 bits per heavy atom. The molecule has 0 atom stereocenters. The van der Waals surface area contributed by atoms with Crippen LogP contribution in [0.15, 0.2) is 66.7 Å². The quantitative estimate of drug-likeness (QED) is 0.125. The first kappa shape index (κ1) is 22.6. The predicted octanol–water partition coefficient (Wildman–Crippen LogP) is 8.20. The Morgan fingerprint density at radius 1 is 0.667 bits per heavy atom. The van der Waals surface area contributed by atoms with E-state index in [9.17, 15) is 17.6 Å². The van der Waals surface area contributed by atoms with Crippen molar-refractivity contribution in [3.63, 3.8) is 0 Å². The topological polar surface area (TPSA) is 0 Å². The van der Waals surface area contributed by atoms with Crippen LogP contribution < -0.4 is 0 Å². The molecule has 0 amide bonds. The number of rotatable bonds is 5. The van der Waals surface area contributed by atoms with Crippen LogP contribution in [-0.2, 0) is 6.42 Å². The van der Waals surface area contributed by atoms with E-state index in [1.165, 1.54) is 6.07 Å². The maximum absolute atomic E-state index is 14.4. The van der Waals surface area contributed by atoms with Crippen LogP contribution in [0.25, 0.3) is 21.9 Å². The third-order valence-electron chi connectivity index (χ3n) is 5.63. The van der Waals surface area contributed by atoms with E-state index in [0.717, 1.165) is 48.4 Å². The summed E-state index contributed by atoms with van der Waals surface area (Å²) in [7, 11) is 0. The van der Waals surface area contributed by atoms with E-state index in [-0.39, 0.29) is 16.6 Å². The fourth-order valence-electron chi connectivity index (χ4n) is 3.76. The molecular formula is C29H22F4. The van der Waals surface area contributed by atoms with Gasteiger partial charge in [0.15, 0.2) is 17.5 Å². The Balaban J connectivity index is 1.53. The highest BCUT2D eigenvalue weighted by molar-refractivity contribution is 5.88. The van der Waals surface area contributed by atoms with Crippen molar-refractivity contribution < 1.29 is 17.6 Å². The van der Waals surface area contributed by atoms with Crippen molar-refractivity contribution in [2.75, 3.05) is 0 Å². The second-order valence-electron chi connectivity index (χ2n) is 8.02. The Hall–Kier alpha value is -3.58. The van der Waals surface area contributed by atoms with Crippen LogP contribution in [0, 0.1) is 35.1 Å². The maximum Gasteiger partial charge on any atom is 0.195 e. The summed E-state index contributed by atoms with van der Waals surface area (Å²) in [5.74, 6) is 1.65. The van der Waals surface area contributed by atoms with Crippen LogP contribution in [0.2, 0.25) is 0 Å². The summed E-state index contributed by atoms with van der Waals surface area (Å²) < 4.78 is 55.3. The Morgan fingerprint density at radius 2 is 1.42 bits per heavy atom. The van der Waals surface area contributed by atoms with Gasteiger partial charge in [-0.3, -0.25) is 0 Å². The van der Waals surface area contributed by atoms with Crippen molar-refractivity contribution in [1.29, 1.82) is 0 Å². The molecule has 4 aromatic rings. The molecule has 33 heavy (non-hydrogen) atoms. The van der Waals surface area contributed by atoms with Gasteiger partial charge in [-0.15, -0.1) is 0 Å². The molecule has 4 heteroatoms. The lowest BCUT2D eigenvalue weighted by Gasteiger charge is -2.06. The van der Waals surface area contributed by atoms with Crippen molar-refractivity contribution >= 4 is 10.8 Å². The molecule has 0 radical (unpaired) electrons. The fourth-order valence-corrected chi connectivity index (χ4v) is 3.76. The van der Waals surface area contributed by atoms with E-state index in [2.05, 4.69) is 18.8 Å². The van der Waals surface area contributed by atoms with Crippen molar-refractivity contribution in [3.05, 3.63) is 107 Å². The minimum absolute atomic E-state index is 0.0264. The van der Waals surface area contributed by atoms with E-state index in [1.54, 1.807) is 36.4 Å². The molecule has 0 fully saturated rings. The third kappa shape index (κ3) is 5.09. The zero-order valence-corrected chi connectivity index (χ0v) is 18.2. The van der Waals surface area contributed by atoms with Gasteiger partial charge >= 0.3 is 0 Å². The van der Waals surface area contributed by atoms with Crippen molar-refractivity contribution in [2.24, 2.45) is 0 Å². The molecule has 0 aliphatic heterocycles. The number of hydrogen-bond acceptors (Lipinski definition) is 0. The first-order chi connectivity index (χ1) is 16.0. The first-order valence-corrected chi connectivity index (χ1v) is 10.9. The number of fused-ring (bicyclic) bond motifs is 1. The standard InChI is InChI=1S/C29H22F4/c1-2-3-4-5-20-9-13-22(26(30)16-20)12-8-19-6-10-21(11-7-19)23-14-15-25-24(17-23)18-27(31)29(33)28(25)32/h6-7,9-11,13-18H,2-5H2,1H3. The number of halogens is 4. The van der Waals surface area contributed by atoms with Gasteiger partial charge in [-0.1, -0.05) is 61.9 Å². The minimum atomic E-state index is -1.47. The molecule has 4 rings (SSSR count). The molecule has 4 aromatic carbocycles. The maximum atomic E-state index is 14.4. The average molecular weight is 446 g/mol. The van der Waals surface area contributed by atoms with E-state index in [0.29, 0.717) is 11.1 Å². The molecule has 0 bridgehead atoms. The van der Waals surface area contributed by atoms with E-state index in [4.69, 9.17) is 0 Å². The van der Waals surface area contributed by atoms with Gasteiger partial charge in [0, 0.05) is 10.9 Å². The molecule has 0 heterocycles. The summed E-state index contributed by atoms with van der Waals surface area (Å²) in [6.07, 6.45) is 4.17. The normalized spacial score (nSPS) is 10.8. The highest BCUT2D eigenvalue weighted by atomic mass is 19.2. The summed E-state index contributed by atoms with van der Waals surface area (Å²) in [5.41, 5.74) is 3.59. The monoisotopic (exact) mass is 446 g/mol. The lowest BCUT2D eigenvalue weighted by molar-refractivity contribution is 0.453. The molecule has 166 valence electrons. The van der Waals surface area contributed by atoms with Gasteiger partial charge in [0.05, 0.1) is 5.56 Å². The van der Waals surface area contributed by atoms with Gasteiger partial charge in [-0.05, 0) is 71.3 Å². The minimum Gasteiger partial charge on any atom is -0.206 e. The Kier molecular flexibility index (Phi) is 6.79. The molecule has 0 nitrogen and oxygen atoms in total. The van der Waals surface area contributed by atoms with Crippen molar-refractivity contribution in [2.45, 2.75) is 32.6 Å². The van der Waals surface area contributed by atoms with Crippen molar-refractivity contribution in [3.8, 4) is 23.0 Å². The molecule has 0 saturated heterocycles. The summed E-state index contributed by atoms with van der Waals surface area (Å²) >= 11 is 0. The SMILES string of the molecule is CCCCCc1ccc(C#Cc2ccc(-c3ccc4c(F)c(F)c(F)cc4c3)cc2)c(F)c1. The second-order valence-corrected chi connectivity index (χ2v) is 8.02. The van der Waals surface area contributed by atoms with Crippen LogP contribution in [0.4, 0.5) is 17.6 Å². The smallest absolute Gasteiger partial charge is 0.195 e. The lowest BCUT2D eigenvalue weighted by atomic mass is 9.99. The predicted molar refractivity (Wildman–Crippen MR) is 125 cm³/mol. The molecule has 0 unspecified atom stereocenters. The fraction of sp³-hybridized carbons (Fsp3) is 0.172. The largest absolute Gasteiger partial charge is 0.206 e. The number of benzene rings is 4. The molecule has 0 saturated carbocycles. The van der Waals surface area contributed by atoms with E-state index >= 15 is 0 Å². The number of hydrogen-bond donors (Lipinski definition) is 0. The van der Waals surface area contributed by atoms with Crippen LogP contribution in [0.3, 0.4) is 0 Å². The average Bonchev–Trinajstić information content (AvgIpc) is 2.82. The molecule has 0 spiro atoms. The summed E-state index contributed by atoms with van der Waals surface area (Å²) in [4.78, 5) is 0. The molecule has 0 aliphatic carbocycles. The first-order valence-electron chi connectivity index (χ1n) is 10.9. The zero-order valence-electron chi connectivity index (χ0n) is 18.2. The summed E-state index contributed by atoms with van der Waals surface area (Å²) in [6.45, 7) is 2.14. The van der Waals surface area contributed by atoms with Crippen molar-refractivity contribution in [1.82, 2.24) is 0 Å². The zero-order chi connectivity index (χ0) is 23.4. The highest BCUT2D eigenvalue weighted by Crippen LogP contribution is 2.28. The molecule has 0 aliphatic rings. The molecule has 0 N–H and O–H groups in total. The van der Waals surface area contributed by atoms with Crippen LogP contribution in [0.5, 0.6) is 0 Å². The van der Waals surface area contributed by atoms with Crippen LogP contribution in [-0.4, -0.2) is 0 Å². The Bertz CT molecular complexity index is 1360. The highest BCUT2D eigenvalue weighted by Gasteiger charge is 2.13. The number of aryl methyl sites for hydroxylation is 1. The lowest BCUT2D eigenvalue weighted by Crippen LogP contribution is -1.92. The van der Waals surface area contributed by atoms with Gasteiger partial charge in [-0.2, -0.15) is 0 Å². The number of unbranched alkanes of at least 4 members (excludes halogenated alkanes) is 2. The Labute approximate surface area is 190 Å². The van der Waals surface area contributed by atoms with Crippen LogP contribution in [0.1, 0.15) is 42.9 Å². The van der Waals surface area contributed by atoms with Gasteiger partial charge in [0.25, 0.3) is 0 Å². The van der Waals surface area contributed by atoms with Gasteiger partial charge in [0.1, 0.15) is 5.82 Å². The second kappa shape index (κ2) is 9.92. The van der Waals surface area contributed by atoms with Gasteiger partial charge < -0.3 is 0 Å². The summed E-state index contributed by atoms with van der Waals surface area (Å²) in [5, 5.41) is 0.305. The van der Waals surface area contributed by atoms with Gasteiger partial charge in [-0.25, -0.2) is 17.6 Å². The summed E-state index contributed by atoms with van der Waals surface area (Å²) in [6, 6.07) is 18.1. The molecule has 0 aromatic heterocycles. The third-order valence-corrected chi connectivity index (χ3v) is 5.63. The van der Waals surface area contributed by atoms with E-state index in [1.807, 2.05) is 18.2 Å². The molecular weight excluding hydrogens is 424 g/mol. The van der Waals surface area contributed by atoms with E-state index < -0.39 is 17.5 Å². The van der Waals surface area contributed by atoms with Gasteiger partial charge in [0.2, 0.25) is 0 Å².